The maximum atomic E-state index is 6.38. The van der Waals surface area contributed by atoms with Crippen molar-refractivity contribution in [2.24, 2.45) is 0 Å². The minimum Gasteiger partial charge on any atom is -0.455 e. The third kappa shape index (κ3) is 3.22. The molecule has 0 fully saturated rings. The fourth-order valence-electron chi connectivity index (χ4n) is 7.00. The Morgan fingerprint density at radius 3 is 2.39 bits per heavy atom. The van der Waals surface area contributed by atoms with Crippen LogP contribution in [0.25, 0.3) is 93.5 Å². The van der Waals surface area contributed by atoms with Crippen molar-refractivity contribution < 1.29 is 4.42 Å². The lowest BCUT2D eigenvalue weighted by atomic mass is 9.95. The second kappa shape index (κ2) is 8.76. The summed E-state index contributed by atoms with van der Waals surface area (Å²) in [5.74, 6) is 0. The number of rotatable bonds is 2. The Bertz CT molecular complexity index is 2790. The number of furan rings is 1. The van der Waals surface area contributed by atoms with Gasteiger partial charge in [-0.2, -0.15) is 0 Å². The van der Waals surface area contributed by atoms with Crippen LogP contribution in [0.1, 0.15) is 0 Å². The van der Waals surface area contributed by atoms with Crippen LogP contribution in [0.4, 0.5) is 0 Å². The summed E-state index contributed by atoms with van der Waals surface area (Å²) in [6.07, 6.45) is 1.87. The van der Waals surface area contributed by atoms with E-state index in [0.717, 1.165) is 88.1 Å². The number of pyridine rings is 2. The van der Waals surface area contributed by atoms with Crippen molar-refractivity contribution in [1.82, 2.24) is 14.4 Å². The first kappa shape index (κ1) is 23.6. The van der Waals surface area contributed by atoms with Crippen molar-refractivity contribution in [3.8, 4) is 22.3 Å². The number of para-hydroxylation sites is 4. The van der Waals surface area contributed by atoms with E-state index in [-0.39, 0.29) is 0 Å². The fourth-order valence-corrected chi connectivity index (χ4v) is 7.00. The summed E-state index contributed by atoms with van der Waals surface area (Å²) in [4.78, 5) is 9.96. The van der Waals surface area contributed by atoms with Gasteiger partial charge in [0.1, 0.15) is 16.8 Å². The number of fused-ring (bicyclic) bond motifs is 13. The Morgan fingerprint density at radius 2 is 1.39 bits per heavy atom. The van der Waals surface area contributed by atoms with E-state index >= 15 is 0 Å². The highest BCUT2D eigenvalue weighted by Crippen LogP contribution is 2.39. The van der Waals surface area contributed by atoms with Crippen molar-refractivity contribution in [1.29, 1.82) is 0 Å². The molecule has 6 aromatic carbocycles. The van der Waals surface area contributed by atoms with Crippen LogP contribution < -0.4 is 0 Å². The number of hydrogen-bond donors (Lipinski definition) is 0. The molecule has 0 amide bonds. The van der Waals surface area contributed by atoms with Gasteiger partial charge in [-0.3, -0.25) is 9.38 Å². The van der Waals surface area contributed by atoms with Crippen molar-refractivity contribution in [2.75, 3.05) is 0 Å². The van der Waals surface area contributed by atoms with Gasteiger partial charge in [-0.1, -0.05) is 91.0 Å². The van der Waals surface area contributed by atoms with Crippen LogP contribution in [0.3, 0.4) is 0 Å². The van der Waals surface area contributed by atoms with Gasteiger partial charge in [0.15, 0.2) is 0 Å². The molecule has 4 heterocycles. The molecule has 0 aliphatic rings. The highest BCUT2D eigenvalue weighted by atomic mass is 16.3. The quantitative estimate of drug-likeness (QED) is 0.197. The molecule has 10 rings (SSSR count). The summed E-state index contributed by atoms with van der Waals surface area (Å²) in [6, 6.07) is 47.1. The third-order valence-electron chi connectivity index (χ3n) is 9.00. The van der Waals surface area contributed by atoms with E-state index in [9.17, 15) is 0 Å². The van der Waals surface area contributed by atoms with Crippen molar-refractivity contribution in [2.45, 2.75) is 0 Å². The first-order chi connectivity index (χ1) is 21.8. The van der Waals surface area contributed by atoms with Crippen LogP contribution in [-0.4, -0.2) is 14.4 Å². The van der Waals surface area contributed by atoms with Gasteiger partial charge in [0.25, 0.3) is 0 Å². The number of nitrogens with zero attached hydrogens (tertiary/aromatic N) is 3. The lowest BCUT2D eigenvalue weighted by Gasteiger charge is -2.13. The number of aromatic nitrogens is 3. The molecule has 4 nitrogen and oxygen atoms in total. The molecule has 4 heteroatoms. The molecule has 0 aliphatic heterocycles. The Kier molecular flexibility index (Phi) is 4.69. The SMILES string of the molecule is c1cc(-c2ccc3c(c2)c2ccc4cccnc4c2c2nc4ccccc4n32)cc(-c2cccc3c2oc2ccccc23)c1. The van der Waals surface area contributed by atoms with E-state index in [4.69, 9.17) is 14.4 Å². The van der Waals surface area contributed by atoms with Gasteiger partial charge in [-0.05, 0) is 64.5 Å². The van der Waals surface area contributed by atoms with Crippen LogP contribution in [0.15, 0.2) is 144 Å². The zero-order valence-corrected chi connectivity index (χ0v) is 23.5. The van der Waals surface area contributed by atoms with Gasteiger partial charge in [-0.15, -0.1) is 0 Å². The van der Waals surface area contributed by atoms with Crippen molar-refractivity contribution in [3.05, 3.63) is 140 Å². The molecule has 0 saturated carbocycles. The number of imidazole rings is 1. The average Bonchev–Trinajstić information content (AvgIpc) is 3.67. The zero-order valence-electron chi connectivity index (χ0n) is 23.5. The first-order valence-corrected chi connectivity index (χ1v) is 14.8. The van der Waals surface area contributed by atoms with Crippen LogP contribution in [0.2, 0.25) is 0 Å². The monoisotopic (exact) mass is 561 g/mol. The molecule has 204 valence electrons. The van der Waals surface area contributed by atoms with E-state index in [1.165, 1.54) is 5.39 Å². The van der Waals surface area contributed by atoms with E-state index in [2.05, 4.69) is 114 Å². The fraction of sp³-hybridized carbons (Fsp3) is 0. The summed E-state index contributed by atoms with van der Waals surface area (Å²) in [6.45, 7) is 0. The molecule has 0 N–H and O–H groups in total. The summed E-state index contributed by atoms with van der Waals surface area (Å²) in [5.41, 5.74) is 11.5. The Hall–Kier alpha value is -6.00. The second-order valence-corrected chi connectivity index (χ2v) is 11.4. The molecule has 44 heavy (non-hydrogen) atoms. The van der Waals surface area contributed by atoms with Crippen LogP contribution in [-0.2, 0) is 0 Å². The molecule has 4 aromatic heterocycles. The Balaban J connectivity index is 1.24. The van der Waals surface area contributed by atoms with Gasteiger partial charge < -0.3 is 4.42 Å². The average molecular weight is 562 g/mol. The maximum Gasteiger partial charge on any atom is 0.148 e. The van der Waals surface area contributed by atoms with E-state index in [0.29, 0.717) is 0 Å². The standard InChI is InChI=1S/C40H23N3O/c1-4-16-36-29(11-1)31-13-6-12-28(39(31)44-36)27-9-5-8-25(22-27)26-18-20-34-32(23-26)30-19-17-24-10-7-21-41-38(24)37(30)40-42-33-14-2-3-15-35(33)43(34)40/h1-23H. The van der Waals surface area contributed by atoms with Crippen molar-refractivity contribution in [3.63, 3.8) is 0 Å². The van der Waals surface area contributed by atoms with E-state index in [1.807, 2.05) is 30.5 Å². The lowest BCUT2D eigenvalue weighted by molar-refractivity contribution is 0.670. The van der Waals surface area contributed by atoms with Crippen LogP contribution in [0.5, 0.6) is 0 Å². The molecule has 0 radical (unpaired) electrons. The lowest BCUT2D eigenvalue weighted by Crippen LogP contribution is -1.94. The zero-order chi connectivity index (χ0) is 28.8. The predicted molar refractivity (Wildman–Crippen MR) is 181 cm³/mol. The minimum absolute atomic E-state index is 0.910. The third-order valence-corrected chi connectivity index (χ3v) is 9.00. The molecule has 0 spiro atoms. The maximum absolute atomic E-state index is 6.38. The molecular weight excluding hydrogens is 538 g/mol. The summed E-state index contributed by atoms with van der Waals surface area (Å²) >= 11 is 0. The van der Waals surface area contributed by atoms with Gasteiger partial charge in [0.2, 0.25) is 0 Å². The first-order valence-electron chi connectivity index (χ1n) is 14.8. The number of hydrogen-bond acceptors (Lipinski definition) is 3. The van der Waals surface area contributed by atoms with Gasteiger partial charge in [-0.25, -0.2) is 4.98 Å². The minimum atomic E-state index is 0.910. The summed E-state index contributed by atoms with van der Waals surface area (Å²) in [7, 11) is 0. The largest absolute Gasteiger partial charge is 0.455 e. The van der Waals surface area contributed by atoms with Crippen LogP contribution >= 0.6 is 0 Å². The predicted octanol–water partition coefficient (Wildman–Crippen LogP) is 10.6. The normalized spacial score (nSPS) is 12.1. The Labute approximate surface area is 251 Å². The molecule has 0 unspecified atom stereocenters. The molecule has 0 saturated heterocycles. The number of benzene rings is 6. The smallest absolute Gasteiger partial charge is 0.148 e. The second-order valence-electron chi connectivity index (χ2n) is 11.4. The molecule has 10 aromatic rings. The summed E-state index contributed by atoms with van der Waals surface area (Å²) in [5, 5.41) is 6.79. The Morgan fingerprint density at radius 1 is 0.545 bits per heavy atom. The van der Waals surface area contributed by atoms with Crippen LogP contribution in [0, 0.1) is 0 Å². The van der Waals surface area contributed by atoms with E-state index in [1.54, 1.807) is 0 Å². The van der Waals surface area contributed by atoms with Gasteiger partial charge in [0, 0.05) is 33.3 Å². The topological polar surface area (TPSA) is 43.3 Å². The van der Waals surface area contributed by atoms with Gasteiger partial charge in [0.05, 0.1) is 27.5 Å². The molecule has 0 aliphatic carbocycles. The molecule has 0 bridgehead atoms. The highest BCUT2D eigenvalue weighted by Gasteiger charge is 2.17. The molecule has 0 atom stereocenters. The highest BCUT2D eigenvalue weighted by molar-refractivity contribution is 6.22. The molecular formula is C40H23N3O. The van der Waals surface area contributed by atoms with Crippen molar-refractivity contribution >= 4 is 71.2 Å². The summed E-state index contributed by atoms with van der Waals surface area (Å²) < 4.78 is 8.67. The van der Waals surface area contributed by atoms with E-state index < -0.39 is 0 Å². The van der Waals surface area contributed by atoms with Gasteiger partial charge >= 0.3 is 0 Å².